The molecule has 1 heterocycles. The summed E-state index contributed by atoms with van der Waals surface area (Å²) >= 11 is 0. The summed E-state index contributed by atoms with van der Waals surface area (Å²) in [5, 5.41) is 1.41. The summed E-state index contributed by atoms with van der Waals surface area (Å²) in [6.07, 6.45) is 8.24. The number of nitrogens with zero attached hydrogens (tertiary/aromatic N) is 1. The predicted octanol–water partition coefficient (Wildman–Crippen LogP) is 4.16. The second kappa shape index (κ2) is 6.74. The van der Waals surface area contributed by atoms with Crippen molar-refractivity contribution >= 4 is 10.9 Å². The monoisotopic (exact) mass is 300 g/mol. The summed E-state index contributed by atoms with van der Waals surface area (Å²) in [4.78, 5) is 6.12. The van der Waals surface area contributed by atoms with E-state index >= 15 is 0 Å². The third-order valence-corrected chi connectivity index (χ3v) is 4.93. The van der Waals surface area contributed by atoms with Crippen molar-refractivity contribution in [2.45, 2.75) is 52.0 Å². The second-order valence-corrected chi connectivity index (χ2v) is 6.43. The number of rotatable bonds is 7. The summed E-state index contributed by atoms with van der Waals surface area (Å²) in [6, 6.07) is 4.85. The maximum atomic E-state index is 5.64. The minimum atomic E-state index is 0.606. The Kier molecular flexibility index (Phi) is 4.72. The average Bonchev–Trinajstić information content (AvgIpc) is 2.96. The lowest BCUT2D eigenvalue weighted by atomic mass is 9.87. The number of nitrogens with one attached hydrogen (secondary N) is 1. The van der Waals surface area contributed by atoms with Crippen molar-refractivity contribution in [1.29, 1.82) is 0 Å². The van der Waals surface area contributed by atoms with Crippen LogP contribution in [0.15, 0.2) is 18.3 Å². The van der Waals surface area contributed by atoms with E-state index < -0.39 is 0 Å². The first-order valence-electron chi connectivity index (χ1n) is 8.68. The molecule has 1 atom stereocenters. The number of ether oxygens (including phenoxy) is 1. The van der Waals surface area contributed by atoms with Crippen molar-refractivity contribution in [2.24, 2.45) is 0 Å². The number of benzene rings is 1. The SMILES string of the molecule is CCCCN(CCC)C1Cc2c[nH]c3ccc(OC)c(c23)C1. The summed E-state index contributed by atoms with van der Waals surface area (Å²) < 4.78 is 5.64. The molecule has 0 spiro atoms. The summed E-state index contributed by atoms with van der Waals surface area (Å²) in [6.45, 7) is 6.97. The smallest absolute Gasteiger partial charge is 0.122 e. The molecule has 0 saturated heterocycles. The fourth-order valence-electron chi connectivity index (χ4n) is 3.85. The van der Waals surface area contributed by atoms with Crippen LogP contribution >= 0.6 is 0 Å². The zero-order valence-corrected chi connectivity index (χ0v) is 14.1. The van der Waals surface area contributed by atoms with Gasteiger partial charge in [-0.1, -0.05) is 20.3 Å². The number of hydrogen-bond donors (Lipinski definition) is 1. The lowest BCUT2D eigenvalue weighted by Crippen LogP contribution is -2.41. The van der Waals surface area contributed by atoms with Crippen LogP contribution in [0.25, 0.3) is 10.9 Å². The highest BCUT2D eigenvalue weighted by molar-refractivity contribution is 5.89. The Morgan fingerprint density at radius 1 is 1.18 bits per heavy atom. The zero-order valence-electron chi connectivity index (χ0n) is 14.1. The van der Waals surface area contributed by atoms with Gasteiger partial charge in [0.2, 0.25) is 0 Å². The van der Waals surface area contributed by atoms with Gasteiger partial charge in [0.15, 0.2) is 0 Å². The quantitative estimate of drug-likeness (QED) is 0.832. The lowest BCUT2D eigenvalue weighted by Gasteiger charge is -2.34. The van der Waals surface area contributed by atoms with Gasteiger partial charge in [0, 0.05) is 28.7 Å². The molecule has 0 radical (unpaired) electrons. The normalized spacial score (nSPS) is 17.4. The van der Waals surface area contributed by atoms with Crippen molar-refractivity contribution in [3.8, 4) is 5.75 Å². The van der Waals surface area contributed by atoms with Crippen molar-refractivity contribution in [1.82, 2.24) is 9.88 Å². The van der Waals surface area contributed by atoms with Gasteiger partial charge in [-0.25, -0.2) is 0 Å². The maximum absolute atomic E-state index is 5.64. The van der Waals surface area contributed by atoms with Gasteiger partial charge in [0.05, 0.1) is 7.11 Å². The van der Waals surface area contributed by atoms with Crippen molar-refractivity contribution in [2.75, 3.05) is 20.2 Å². The minimum absolute atomic E-state index is 0.606. The number of aromatic nitrogens is 1. The minimum Gasteiger partial charge on any atom is -0.496 e. The van der Waals surface area contributed by atoms with E-state index in [4.69, 9.17) is 4.74 Å². The van der Waals surface area contributed by atoms with Crippen LogP contribution in [0, 0.1) is 0 Å². The van der Waals surface area contributed by atoms with Crippen LogP contribution in [-0.4, -0.2) is 36.1 Å². The Bertz CT molecular complexity index is 632. The highest BCUT2D eigenvalue weighted by atomic mass is 16.5. The van der Waals surface area contributed by atoms with E-state index in [1.165, 1.54) is 54.4 Å². The van der Waals surface area contributed by atoms with Gasteiger partial charge in [-0.05, 0) is 56.5 Å². The van der Waals surface area contributed by atoms with Gasteiger partial charge in [0.25, 0.3) is 0 Å². The van der Waals surface area contributed by atoms with E-state index in [2.05, 4.69) is 42.1 Å². The Balaban J connectivity index is 1.92. The molecule has 0 fully saturated rings. The fraction of sp³-hybridized carbons (Fsp3) is 0.579. The number of H-pyrrole nitrogens is 1. The van der Waals surface area contributed by atoms with Crippen molar-refractivity contribution in [3.05, 3.63) is 29.5 Å². The van der Waals surface area contributed by atoms with Gasteiger partial charge < -0.3 is 9.72 Å². The Labute approximate surface area is 133 Å². The molecule has 2 aromatic rings. The first kappa shape index (κ1) is 15.4. The van der Waals surface area contributed by atoms with Crippen LogP contribution in [0.5, 0.6) is 5.75 Å². The van der Waals surface area contributed by atoms with E-state index in [9.17, 15) is 0 Å². The molecule has 22 heavy (non-hydrogen) atoms. The molecule has 1 aromatic heterocycles. The molecule has 3 rings (SSSR count). The molecule has 1 aromatic carbocycles. The summed E-state index contributed by atoms with van der Waals surface area (Å²) in [5.41, 5.74) is 4.10. The van der Waals surface area contributed by atoms with Crippen LogP contribution in [0.3, 0.4) is 0 Å². The number of aromatic amines is 1. The molecule has 0 amide bonds. The molecule has 3 heteroatoms. The second-order valence-electron chi connectivity index (χ2n) is 6.43. The fourth-order valence-corrected chi connectivity index (χ4v) is 3.85. The number of methoxy groups -OCH3 is 1. The Morgan fingerprint density at radius 2 is 2.05 bits per heavy atom. The standard InChI is InChI=1S/C19H28N2O/c1-4-6-10-21(9-5-2)15-11-14-13-20-17-7-8-18(22-3)16(12-15)19(14)17/h7-8,13,15,20H,4-6,9-12H2,1-3H3. The van der Waals surface area contributed by atoms with Crippen LogP contribution in [0.4, 0.5) is 0 Å². The van der Waals surface area contributed by atoms with Crippen molar-refractivity contribution in [3.63, 3.8) is 0 Å². The Hall–Kier alpha value is -1.48. The molecule has 1 aliphatic carbocycles. The van der Waals surface area contributed by atoms with Crippen molar-refractivity contribution < 1.29 is 4.74 Å². The van der Waals surface area contributed by atoms with Crippen LogP contribution in [0.1, 0.15) is 44.2 Å². The van der Waals surface area contributed by atoms with Gasteiger partial charge >= 0.3 is 0 Å². The van der Waals surface area contributed by atoms with E-state index in [1.54, 1.807) is 7.11 Å². The zero-order chi connectivity index (χ0) is 15.5. The molecule has 3 nitrogen and oxygen atoms in total. The van der Waals surface area contributed by atoms with E-state index in [0.29, 0.717) is 6.04 Å². The van der Waals surface area contributed by atoms with Crippen LogP contribution in [-0.2, 0) is 12.8 Å². The average molecular weight is 300 g/mol. The highest BCUT2D eigenvalue weighted by Crippen LogP contribution is 2.37. The van der Waals surface area contributed by atoms with Gasteiger partial charge in [0.1, 0.15) is 5.75 Å². The van der Waals surface area contributed by atoms with Gasteiger partial charge in [-0.3, -0.25) is 4.90 Å². The molecule has 0 saturated carbocycles. The van der Waals surface area contributed by atoms with Gasteiger partial charge in [-0.2, -0.15) is 0 Å². The first-order chi connectivity index (χ1) is 10.8. The van der Waals surface area contributed by atoms with E-state index in [0.717, 1.165) is 18.6 Å². The summed E-state index contributed by atoms with van der Waals surface area (Å²) in [5.74, 6) is 1.05. The van der Waals surface area contributed by atoms with E-state index in [1.807, 2.05) is 0 Å². The number of unbranched alkanes of at least 4 members (excludes halogenated alkanes) is 1. The predicted molar refractivity (Wildman–Crippen MR) is 92.8 cm³/mol. The van der Waals surface area contributed by atoms with Crippen LogP contribution in [0.2, 0.25) is 0 Å². The third kappa shape index (κ3) is 2.74. The molecule has 1 unspecified atom stereocenters. The molecular formula is C19H28N2O. The van der Waals surface area contributed by atoms with Gasteiger partial charge in [-0.15, -0.1) is 0 Å². The molecular weight excluding hydrogens is 272 g/mol. The molecule has 1 aliphatic rings. The molecule has 120 valence electrons. The Morgan fingerprint density at radius 3 is 2.77 bits per heavy atom. The largest absolute Gasteiger partial charge is 0.496 e. The molecule has 1 N–H and O–H groups in total. The first-order valence-corrected chi connectivity index (χ1v) is 8.68. The molecule has 0 aliphatic heterocycles. The third-order valence-electron chi connectivity index (χ3n) is 4.93. The topological polar surface area (TPSA) is 28.3 Å². The van der Waals surface area contributed by atoms with E-state index in [-0.39, 0.29) is 0 Å². The highest BCUT2D eigenvalue weighted by Gasteiger charge is 2.28. The number of hydrogen-bond acceptors (Lipinski definition) is 2. The molecule has 0 bridgehead atoms. The van der Waals surface area contributed by atoms with Crippen LogP contribution < -0.4 is 4.74 Å². The maximum Gasteiger partial charge on any atom is 0.122 e. The lowest BCUT2D eigenvalue weighted by molar-refractivity contribution is 0.188. The summed E-state index contributed by atoms with van der Waals surface area (Å²) in [7, 11) is 1.79.